The van der Waals surface area contributed by atoms with Gasteiger partial charge in [-0.25, -0.2) is 0 Å². The lowest BCUT2D eigenvalue weighted by molar-refractivity contribution is 0.0217. The number of likely N-dealkylation sites (N-methyl/N-ethyl adjacent to an activating group) is 1. The van der Waals surface area contributed by atoms with Gasteiger partial charge >= 0.3 is 0 Å². The lowest BCUT2D eigenvalue weighted by Gasteiger charge is -2.30. The molecule has 2 atom stereocenters. The first-order valence-corrected chi connectivity index (χ1v) is 5.82. The average molecular weight is 232 g/mol. The van der Waals surface area contributed by atoms with Crippen LogP contribution in [0.5, 0.6) is 0 Å². The van der Waals surface area contributed by atoms with E-state index in [0.717, 1.165) is 5.56 Å². The standard InChI is InChI=1S/C14H20N2O/c1-12(9-15)10-16(3)11-14(2,17)13-7-5-4-6-8-13/h4-8,12,17H,10-11H2,1-3H3. The van der Waals surface area contributed by atoms with Gasteiger partial charge in [-0.2, -0.15) is 5.26 Å². The summed E-state index contributed by atoms with van der Waals surface area (Å²) in [5, 5.41) is 19.2. The first-order valence-electron chi connectivity index (χ1n) is 5.82. The maximum Gasteiger partial charge on any atom is 0.0994 e. The van der Waals surface area contributed by atoms with Crippen molar-refractivity contribution in [3.05, 3.63) is 35.9 Å². The Morgan fingerprint density at radius 3 is 2.53 bits per heavy atom. The normalized spacial score (nSPS) is 16.2. The van der Waals surface area contributed by atoms with Gasteiger partial charge in [0, 0.05) is 13.1 Å². The molecule has 0 bridgehead atoms. The molecule has 2 unspecified atom stereocenters. The predicted molar refractivity (Wildman–Crippen MR) is 68.3 cm³/mol. The largest absolute Gasteiger partial charge is 0.384 e. The van der Waals surface area contributed by atoms with Crippen LogP contribution < -0.4 is 0 Å². The Bertz CT molecular complexity index is 381. The van der Waals surface area contributed by atoms with Crippen molar-refractivity contribution in [1.82, 2.24) is 4.90 Å². The van der Waals surface area contributed by atoms with E-state index in [1.54, 1.807) is 6.92 Å². The van der Waals surface area contributed by atoms with E-state index in [4.69, 9.17) is 5.26 Å². The molecule has 92 valence electrons. The van der Waals surface area contributed by atoms with Crippen LogP contribution in [0.2, 0.25) is 0 Å². The molecule has 0 aliphatic heterocycles. The van der Waals surface area contributed by atoms with Crippen LogP contribution in [-0.4, -0.2) is 30.1 Å². The molecule has 0 saturated carbocycles. The highest BCUT2D eigenvalue weighted by Gasteiger charge is 2.25. The zero-order valence-corrected chi connectivity index (χ0v) is 10.7. The van der Waals surface area contributed by atoms with E-state index in [0.29, 0.717) is 13.1 Å². The zero-order valence-electron chi connectivity index (χ0n) is 10.7. The highest BCUT2D eigenvalue weighted by molar-refractivity contribution is 5.21. The number of hydrogen-bond donors (Lipinski definition) is 1. The highest BCUT2D eigenvalue weighted by Crippen LogP contribution is 2.21. The van der Waals surface area contributed by atoms with E-state index >= 15 is 0 Å². The molecule has 1 rings (SSSR count). The van der Waals surface area contributed by atoms with Crippen molar-refractivity contribution in [2.45, 2.75) is 19.4 Å². The molecule has 0 saturated heterocycles. The van der Waals surface area contributed by atoms with Crippen LogP contribution in [0.4, 0.5) is 0 Å². The Hall–Kier alpha value is -1.37. The Kier molecular flexibility index (Phi) is 4.68. The summed E-state index contributed by atoms with van der Waals surface area (Å²) >= 11 is 0. The van der Waals surface area contributed by atoms with Gasteiger partial charge in [-0.15, -0.1) is 0 Å². The fourth-order valence-corrected chi connectivity index (χ4v) is 1.99. The molecule has 0 radical (unpaired) electrons. The molecule has 0 aromatic heterocycles. The van der Waals surface area contributed by atoms with Crippen molar-refractivity contribution in [3.63, 3.8) is 0 Å². The fourth-order valence-electron chi connectivity index (χ4n) is 1.99. The molecular formula is C14H20N2O. The molecule has 1 aromatic rings. The minimum atomic E-state index is -0.884. The first kappa shape index (κ1) is 13.7. The Balaban J connectivity index is 2.64. The second kappa shape index (κ2) is 5.81. The van der Waals surface area contributed by atoms with Crippen molar-refractivity contribution < 1.29 is 5.11 Å². The second-order valence-corrected chi connectivity index (χ2v) is 4.87. The summed E-state index contributed by atoms with van der Waals surface area (Å²) in [5.74, 6) is -0.0217. The average Bonchev–Trinajstić information content (AvgIpc) is 2.29. The van der Waals surface area contributed by atoms with Gasteiger partial charge in [-0.3, -0.25) is 0 Å². The molecule has 0 amide bonds. The summed E-state index contributed by atoms with van der Waals surface area (Å²) in [5.41, 5.74) is 0.0158. The first-order chi connectivity index (χ1) is 7.95. The van der Waals surface area contributed by atoms with Gasteiger partial charge in [0.15, 0.2) is 0 Å². The van der Waals surface area contributed by atoms with Crippen molar-refractivity contribution in [3.8, 4) is 6.07 Å². The number of rotatable bonds is 5. The van der Waals surface area contributed by atoms with E-state index < -0.39 is 5.60 Å². The smallest absolute Gasteiger partial charge is 0.0994 e. The number of nitrogens with zero attached hydrogens (tertiary/aromatic N) is 2. The number of aliphatic hydroxyl groups is 1. The maximum absolute atomic E-state index is 10.4. The fraction of sp³-hybridized carbons (Fsp3) is 0.500. The monoisotopic (exact) mass is 232 g/mol. The van der Waals surface area contributed by atoms with Gasteiger partial charge in [0.2, 0.25) is 0 Å². The van der Waals surface area contributed by atoms with Crippen molar-refractivity contribution in [2.24, 2.45) is 5.92 Å². The molecule has 0 aliphatic carbocycles. The lowest BCUT2D eigenvalue weighted by atomic mass is 9.95. The molecule has 1 aromatic carbocycles. The molecule has 0 fully saturated rings. The van der Waals surface area contributed by atoms with Crippen LogP contribution in [0.15, 0.2) is 30.3 Å². The molecule has 1 N–H and O–H groups in total. The van der Waals surface area contributed by atoms with E-state index in [9.17, 15) is 5.11 Å². The summed E-state index contributed by atoms with van der Waals surface area (Å²) in [6.07, 6.45) is 0. The SMILES string of the molecule is CC(C#N)CN(C)CC(C)(O)c1ccccc1. The van der Waals surface area contributed by atoms with E-state index in [1.165, 1.54) is 0 Å². The quantitative estimate of drug-likeness (QED) is 0.844. The number of hydrogen-bond acceptors (Lipinski definition) is 3. The van der Waals surface area contributed by atoms with E-state index in [2.05, 4.69) is 6.07 Å². The lowest BCUT2D eigenvalue weighted by Crippen LogP contribution is -2.38. The van der Waals surface area contributed by atoms with Crippen molar-refractivity contribution in [1.29, 1.82) is 5.26 Å². The van der Waals surface area contributed by atoms with Gasteiger partial charge in [-0.1, -0.05) is 30.3 Å². The molecule has 0 aliphatic rings. The van der Waals surface area contributed by atoms with Crippen LogP contribution in [0.25, 0.3) is 0 Å². The molecule has 3 heteroatoms. The molecule has 0 spiro atoms. The molecule has 17 heavy (non-hydrogen) atoms. The van der Waals surface area contributed by atoms with E-state index in [1.807, 2.05) is 49.2 Å². The number of benzene rings is 1. The van der Waals surface area contributed by atoms with Crippen LogP contribution in [0.1, 0.15) is 19.4 Å². The zero-order chi connectivity index (χ0) is 12.9. The summed E-state index contributed by atoms with van der Waals surface area (Å²) in [4.78, 5) is 1.99. The van der Waals surface area contributed by atoms with Crippen molar-refractivity contribution >= 4 is 0 Å². The second-order valence-electron chi connectivity index (χ2n) is 4.87. The van der Waals surface area contributed by atoms with Gasteiger partial charge in [0.05, 0.1) is 17.6 Å². The minimum Gasteiger partial charge on any atom is -0.384 e. The van der Waals surface area contributed by atoms with Gasteiger partial charge in [-0.05, 0) is 26.5 Å². The Morgan fingerprint density at radius 2 is 2.00 bits per heavy atom. The summed E-state index contributed by atoms with van der Waals surface area (Å²) < 4.78 is 0. The van der Waals surface area contributed by atoms with Crippen LogP contribution in [0, 0.1) is 17.2 Å². The number of nitriles is 1. The van der Waals surface area contributed by atoms with Crippen molar-refractivity contribution in [2.75, 3.05) is 20.1 Å². The third kappa shape index (κ3) is 4.18. The minimum absolute atomic E-state index is 0.0217. The Labute approximate surface area is 103 Å². The molecule has 0 heterocycles. The van der Waals surface area contributed by atoms with Crippen LogP contribution in [0.3, 0.4) is 0 Å². The van der Waals surface area contributed by atoms with Crippen LogP contribution >= 0.6 is 0 Å². The summed E-state index contributed by atoms with van der Waals surface area (Å²) in [6, 6.07) is 11.8. The maximum atomic E-state index is 10.4. The summed E-state index contributed by atoms with van der Waals surface area (Å²) in [7, 11) is 1.92. The molecular weight excluding hydrogens is 212 g/mol. The van der Waals surface area contributed by atoms with Gasteiger partial charge < -0.3 is 10.0 Å². The molecule has 3 nitrogen and oxygen atoms in total. The van der Waals surface area contributed by atoms with Crippen LogP contribution in [-0.2, 0) is 5.60 Å². The van der Waals surface area contributed by atoms with Gasteiger partial charge in [0.25, 0.3) is 0 Å². The summed E-state index contributed by atoms with van der Waals surface area (Å²) in [6.45, 7) is 4.87. The predicted octanol–water partition coefficient (Wildman–Crippen LogP) is 1.99. The van der Waals surface area contributed by atoms with Gasteiger partial charge in [0.1, 0.15) is 0 Å². The highest BCUT2D eigenvalue weighted by atomic mass is 16.3. The topological polar surface area (TPSA) is 47.3 Å². The Morgan fingerprint density at radius 1 is 1.41 bits per heavy atom. The van der Waals surface area contributed by atoms with E-state index in [-0.39, 0.29) is 5.92 Å². The third-order valence-electron chi connectivity index (χ3n) is 2.78. The third-order valence-corrected chi connectivity index (χ3v) is 2.78.